The quantitative estimate of drug-likeness (QED) is 0.882. The summed E-state index contributed by atoms with van der Waals surface area (Å²) in [6, 6.07) is 4.56. The Labute approximate surface area is 110 Å². The molecule has 1 heterocycles. The molecule has 3 nitrogen and oxygen atoms in total. The van der Waals surface area contributed by atoms with E-state index in [-0.39, 0.29) is 0 Å². The van der Waals surface area contributed by atoms with Gasteiger partial charge in [-0.3, -0.25) is 0 Å². The lowest BCUT2D eigenvalue weighted by atomic mass is 9.79. The van der Waals surface area contributed by atoms with Crippen LogP contribution in [0.2, 0.25) is 0 Å². The Morgan fingerprint density at radius 2 is 2.22 bits per heavy atom. The molecular formula is C15H24N2O. The fourth-order valence-electron chi connectivity index (χ4n) is 2.85. The predicted molar refractivity (Wildman–Crippen MR) is 75.0 cm³/mol. The van der Waals surface area contributed by atoms with E-state index in [1.807, 2.05) is 12.1 Å². The molecule has 1 saturated carbocycles. The van der Waals surface area contributed by atoms with Gasteiger partial charge in [-0.15, -0.1) is 0 Å². The molecule has 1 aromatic rings. The molecule has 1 fully saturated rings. The zero-order chi connectivity index (χ0) is 13.0. The minimum absolute atomic E-state index is 0.559. The Bertz CT molecular complexity index is 379. The summed E-state index contributed by atoms with van der Waals surface area (Å²) in [4.78, 5) is 4.23. The van der Waals surface area contributed by atoms with Crippen molar-refractivity contribution < 1.29 is 4.74 Å². The van der Waals surface area contributed by atoms with Crippen molar-refractivity contribution in [3.8, 4) is 5.88 Å². The van der Waals surface area contributed by atoms with Crippen molar-refractivity contribution in [1.82, 2.24) is 4.98 Å². The Kier molecular flexibility index (Phi) is 4.45. The average Bonchev–Trinajstić information content (AvgIpc) is 2.39. The van der Waals surface area contributed by atoms with Gasteiger partial charge in [0.15, 0.2) is 0 Å². The second-order valence-electron chi connectivity index (χ2n) is 5.57. The molecule has 1 aromatic heterocycles. The van der Waals surface area contributed by atoms with E-state index in [0.717, 1.165) is 17.5 Å². The van der Waals surface area contributed by atoms with Crippen LogP contribution >= 0.6 is 0 Å². The molecule has 0 spiro atoms. The topological polar surface area (TPSA) is 34.1 Å². The second-order valence-corrected chi connectivity index (χ2v) is 5.57. The molecule has 3 heteroatoms. The number of methoxy groups -OCH3 is 1. The van der Waals surface area contributed by atoms with E-state index < -0.39 is 0 Å². The van der Waals surface area contributed by atoms with Crippen molar-refractivity contribution in [3.05, 3.63) is 18.3 Å². The summed E-state index contributed by atoms with van der Waals surface area (Å²) in [7, 11) is 1.67. The van der Waals surface area contributed by atoms with Gasteiger partial charge in [0.2, 0.25) is 5.88 Å². The summed E-state index contributed by atoms with van der Waals surface area (Å²) in [6.45, 7) is 4.66. The van der Waals surface area contributed by atoms with Gasteiger partial charge in [-0.2, -0.15) is 0 Å². The van der Waals surface area contributed by atoms with Crippen molar-refractivity contribution in [2.24, 2.45) is 11.8 Å². The third-order valence-corrected chi connectivity index (χ3v) is 3.98. The van der Waals surface area contributed by atoms with E-state index in [9.17, 15) is 0 Å². The van der Waals surface area contributed by atoms with Crippen LogP contribution < -0.4 is 10.1 Å². The molecule has 2 unspecified atom stereocenters. The highest BCUT2D eigenvalue weighted by atomic mass is 16.5. The van der Waals surface area contributed by atoms with Crippen molar-refractivity contribution in [3.63, 3.8) is 0 Å². The van der Waals surface area contributed by atoms with Crippen LogP contribution in [-0.4, -0.2) is 18.1 Å². The van der Waals surface area contributed by atoms with Crippen molar-refractivity contribution in [2.45, 2.75) is 45.6 Å². The third-order valence-electron chi connectivity index (χ3n) is 3.98. The van der Waals surface area contributed by atoms with Crippen LogP contribution in [0.5, 0.6) is 5.88 Å². The maximum absolute atomic E-state index is 5.29. The number of pyridine rings is 1. The van der Waals surface area contributed by atoms with Gasteiger partial charge in [-0.25, -0.2) is 4.98 Å². The predicted octanol–water partition coefficient (Wildman–Crippen LogP) is 3.72. The normalized spacial score (nSPS) is 24.0. The number of hydrogen-bond donors (Lipinski definition) is 1. The maximum Gasteiger partial charge on any atom is 0.237 e. The van der Waals surface area contributed by atoms with Gasteiger partial charge in [0.25, 0.3) is 0 Å². The van der Waals surface area contributed by atoms with E-state index in [4.69, 9.17) is 4.74 Å². The first-order valence-electron chi connectivity index (χ1n) is 6.96. The molecule has 0 aliphatic heterocycles. The van der Waals surface area contributed by atoms with Crippen molar-refractivity contribution in [2.75, 3.05) is 12.4 Å². The summed E-state index contributed by atoms with van der Waals surface area (Å²) < 4.78 is 5.29. The van der Waals surface area contributed by atoms with Crippen LogP contribution in [0, 0.1) is 11.8 Å². The van der Waals surface area contributed by atoms with Crippen molar-refractivity contribution >= 4 is 5.69 Å². The zero-order valence-electron chi connectivity index (χ0n) is 11.6. The number of rotatable bonds is 4. The van der Waals surface area contributed by atoms with Gasteiger partial charge in [0.05, 0.1) is 12.8 Å². The number of nitrogens with zero attached hydrogens (tertiary/aromatic N) is 1. The maximum atomic E-state index is 5.29. The average molecular weight is 248 g/mol. The standard InChI is InChI=1S/C15H24N2O/c1-11(2)12-6-4-7-13(10-12)17-14-8-5-9-16-15(14)18-3/h5,8-9,11-13,17H,4,6-7,10H2,1-3H3. The molecular weight excluding hydrogens is 224 g/mol. The Morgan fingerprint density at radius 3 is 2.94 bits per heavy atom. The van der Waals surface area contributed by atoms with Crippen LogP contribution in [0.1, 0.15) is 39.5 Å². The largest absolute Gasteiger partial charge is 0.480 e. The molecule has 2 atom stereocenters. The number of nitrogens with one attached hydrogen (secondary N) is 1. The SMILES string of the molecule is COc1ncccc1NC1CCCC(C(C)C)C1. The number of ether oxygens (including phenoxy) is 1. The van der Waals surface area contributed by atoms with Crippen LogP contribution in [0.25, 0.3) is 0 Å². The Hall–Kier alpha value is -1.25. The fraction of sp³-hybridized carbons (Fsp3) is 0.667. The second kappa shape index (κ2) is 6.07. The first-order chi connectivity index (χ1) is 8.70. The highest BCUT2D eigenvalue weighted by Gasteiger charge is 2.24. The zero-order valence-corrected chi connectivity index (χ0v) is 11.6. The minimum atomic E-state index is 0.559. The monoisotopic (exact) mass is 248 g/mol. The number of aromatic nitrogens is 1. The van der Waals surface area contributed by atoms with E-state index in [2.05, 4.69) is 24.1 Å². The van der Waals surface area contributed by atoms with Gasteiger partial charge in [-0.05, 0) is 36.8 Å². The van der Waals surface area contributed by atoms with Crippen LogP contribution in [0.3, 0.4) is 0 Å². The van der Waals surface area contributed by atoms with E-state index in [1.165, 1.54) is 25.7 Å². The van der Waals surface area contributed by atoms with Gasteiger partial charge >= 0.3 is 0 Å². The van der Waals surface area contributed by atoms with Crippen LogP contribution in [0.15, 0.2) is 18.3 Å². The summed E-state index contributed by atoms with van der Waals surface area (Å²) in [5.41, 5.74) is 1.02. The molecule has 18 heavy (non-hydrogen) atoms. The summed E-state index contributed by atoms with van der Waals surface area (Å²) >= 11 is 0. The molecule has 100 valence electrons. The molecule has 0 bridgehead atoms. The molecule has 0 aromatic carbocycles. The fourth-order valence-corrected chi connectivity index (χ4v) is 2.85. The van der Waals surface area contributed by atoms with Crippen LogP contribution in [0.4, 0.5) is 5.69 Å². The van der Waals surface area contributed by atoms with Gasteiger partial charge in [0.1, 0.15) is 0 Å². The van der Waals surface area contributed by atoms with E-state index in [1.54, 1.807) is 13.3 Å². The molecule has 0 radical (unpaired) electrons. The first-order valence-corrected chi connectivity index (χ1v) is 6.96. The molecule has 1 aliphatic rings. The lowest BCUT2D eigenvalue weighted by molar-refractivity contribution is 0.263. The summed E-state index contributed by atoms with van der Waals surface area (Å²) in [6.07, 6.45) is 6.97. The molecule has 1 N–H and O–H groups in total. The van der Waals surface area contributed by atoms with E-state index >= 15 is 0 Å². The first kappa shape index (κ1) is 13.2. The highest BCUT2D eigenvalue weighted by Crippen LogP contribution is 2.32. The molecule has 1 aliphatic carbocycles. The Morgan fingerprint density at radius 1 is 1.39 bits per heavy atom. The number of hydrogen-bond acceptors (Lipinski definition) is 3. The lowest BCUT2D eigenvalue weighted by Gasteiger charge is -2.32. The van der Waals surface area contributed by atoms with Crippen molar-refractivity contribution in [1.29, 1.82) is 0 Å². The summed E-state index contributed by atoms with van der Waals surface area (Å²) in [5, 5.41) is 3.60. The van der Waals surface area contributed by atoms with Crippen LogP contribution in [-0.2, 0) is 0 Å². The van der Waals surface area contributed by atoms with Gasteiger partial charge in [0, 0.05) is 12.2 Å². The highest BCUT2D eigenvalue weighted by molar-refractivity contribution is 5.52. The van der Waals surface area contributed by atoms with Gasteiger partial charge in [-0.1, -0.05) is 26.7 Å². The van der Waals surface area contributed by atoms with E-state index in [0.29, 0.717) is 11.9 Å². The molecule has 2 rings (SSSR count). The summed E-state index contributed by atoms with van der Waals surface area (Å²) in [5.74, 6) is 2.33. The van der Waals surface area contributed by atoms with Gasteiger partial charge < -0.3 is 10.1 Å². The molecule has 0 saturated heterocycles. The minimum Gasteiger partial charge on any atom is -0.480 e. The third kappa shape index (κ3) is 3.15. The lowest BCUT2D eigenvalue weighted by Crippen LogP contribution is -2.29. The Balaban J connectivity index is 2.00. The molecule has 0 amide bonds. The number of anilines is 1. The smallest absolute Gasteiger partial charge is 0.237 e.